The molecular weight excluding hydrogens is 346 g/mol. The number of hydrogen-bond donors (Lipinski definition) is 1. The number of nitrogens with zero attached hydrogens (tertiary/aromatic N) is 2. The third-order valence-electron chi connectivity index (χ3n) is 2.51. The van der Waals surface area contributed by atoms with Crippen molar-refractivity contribution in [2.24, 2.45) is 0 Å². The molecule has 0 bridgehead atoms. The van der Waals surface area contributed by atoms with Gasteiger partial charge in [-0.3, -0.25) is 4.79 Å². The summed E-state index contributed by atoms with van der Waals surface area (Å²) in [6, 6.07) is 5.17. The predicted octanol–water partition coefficient (Wildman–Crippen LogP) is 2.83. The molecule has 0 aromatic carbocycles. The molecule has 5 nitrogen and oxygen atoms in total. The zero-order valence-corrected chi connectivity index (χ0v) is 12.9. The molecule has 104 valence electrons. The molecule has 0 aliphatic rings. The van der Waals surface area contributed by atoms with E-state index in [4.69, 9.17) is 16.3 Å². The Hall–Kier alpha value is -1.66. The smallest absolute Gasteiger partial charge is 0.254 e. The minimum absolute atomic E-state index is 0.165. The standard InChI is InChI=1S/C13H11BrClN3O2/c1-20-11-4-8(2-3-16-11)6-18-13(19)10-5-9(14)7-17-12(10)15/h2-5,7H,6H2,1H3,(H,18,19). The van der Waals surface area contributed by atoms with Gasteiger partial charge in [0.15, 0.2) is 0 Å². The molecule has 7 heteroatoms. The Kier molecular flexibility index (Phi) is 4.92. The molecule has 0 spiro atoms. The SMILES string of the molecule is COc1cc(CNC(=O)c2cc(Br)cnc2Cl)ccn1. The van der Waals surface area contributed by atoms with Crippen molar-refractivity contribution in [3.63, 3.8) is 0 Å². The zero-order valence-electron chi connectivity index (χ0n) is 10.6. The second-order valence-electron chi connectivity index (χ2n) is 3.88. The fraction of sp³-hybridized carbons (Fsp3) is 0.154. The lowest BCUT2D eigenvalue weighted by atomic mass is 10.2. The van der Waals surface area contributed by atoms with E-state index < -0.39 is 0 Å². The van der Waals surface area contributed by atoms with Crippen molar-refractivity contribution in [3.05, 3.63) is 51.3 Å². The van der Waals surface area contributed by atoms with Gasteiger partial charge in [-0.2, -0.15) is 0 Å². The molecule has 1 N–H and O–H groups in total. The molecule has 0 unspecified atom stereocenters. The second-order valence-corrected chi connectivity index (χ2v) is 5.15. The van der Waals surface area contributed by atoms with Gasteiger partial charge in [0.05, 0.1) is 12.7 Å². The maximum absolute atomic E-state index is 12.0. The zero-order chi connectivity index (χ0) is 14.5. The minimum atomic E-state index is -0.292. The Balaban J connectivity index is 2.06. The highest BCUT2D eigenvalue weighted by atomic mass is 79.9. The number of amides is 1. The number of methoxy groups -OCH3 is 1. The highest BCUT2D eigenvalue weighted by Crippen LogP contribution is 2.18. The van der Waals surface area contributed by atoms with Crippen LogP contribution in [0, 0.1) is 0 Å². The Morgan fingerprint density at radius 1 is 1.45 bits per heavy atom. The van der Waals surface area contributed by atoms with E-state index in [0.29, 0.717) is 22.5 Å². The fourth-order valence-electron chi connectivity index (χ4n) is 1.53. The third kappa shape index (κ3) is 3.68. The van der Waals surface area contributed by atoms with Crippen molar-refractivity contribution in [3.8, 4) is 5.88 Å². The number of ether oxygens (including phenoxy) is 1. The summed E-state index contributed by atoms with van der Waals surface area (Å²) in [6.07, 6.45) is 3.15. The summed E-state index contributed by atoms with van der Waals surface area (Å²) in [5.41, 5.74) is 1.20. The van der Waals surface area contributed by atoms with Crippen LogP contribution in [0.5, 0.6) is 5.88 Å². The van der Waals surface area contributed by atoms with Crippen LogP contribution >= 0.6 is 27.5 Å². The maximum atomic E-state index is 12.0. The van der Waals surface area contributed by atoms with Gasteiger partial charge in [-0.1, -0.05) is 11.6 Å². The van der Waals surface area contributed by atoms with Crippen LogP contribution in [0.3, 0.4) is 0 Å². The molecule has 0 saturated heterocycles. The van der Waals surface area contributed by atoms with Crippen LogP contribution in [0.15, 0.2) is 35.1 Å². The van der Waals surface area contributed by atoms with Gasteiger partial charge in [0, 0.05) is 29.5 Å². The monoisotopic (exact) mass is 355 g/mol. The van der Waals surface area contributed by atoms with Gasteiger partial charge in [0.1, 0.15) is 5.15 Å². The highest BCUT2D eigenvalue weighted by Gasteiger charge is 2.11. The average molecular weight is 357 g/mol. The Morgan fingerprint density at radius 3 is 3.00 bits per heavy atom. The molecule has 2 aromatic rings. The Morgan fingerprint density at radius 2 is 2.25 bits per heavy atom. The molecule has 20 heavy (non-hydrogen) atoms. The maximum Gasteiger partial charge on any atom is 0.254 e. The molecule has 2 aromatic heterocycles. The molecule has 2 heterocycles. The lowest BCUT2D eigenvalue weighted by Gasteiger charge is -2.07. The summed E-state index contributed by atoms with van der Waals surface area (Å²) in [5.74, 6) is 0.207. The van der Waals surface area contributed by atoms with Gasteiger partial charge in [0.25, 0.3) is 5.91 Å². The first-order valence-electron chi connectivity index (χ1n) is 5.68. The number of aromatic nitrogens is 2. The number of nitrogens with one attached hydrogen (secondary N) is 1. The first kappa shape index (κ1) is 14.7. The quantitative estimate of drug-likeness (QED) is 0.856. The van der Waals surface area contributed by atoms with Crippen LogP contribution in [-0.2, 0) is 6.54 Å². The highest BCUT2D eigenvalue weighted by molar-refractivity contribution is 9.10. The van der Waals surface area contributed by atoms with Crippen molar-refractivity contribution in [1.29, 1.82) is 0 Å². The molecule has 1 amide bonds. The first-order valence-corrected chi connectivity index (χ1v) is 6.85. The predicted molar refractivity (Wildman–Crippen MR) is 78.9 cm³/mol. The van der Waals surface area contributed by atoms with Crippen molar-refractivity contribution in [2.75, 3.05) is 7.11 Å². The van der Waals surface area contributed by atoms with E-state index in [1.165, 1.54) is 13.3 Å². The van der Waals surface area contributed by atoms with Gasteiger partial charge in [-0.05, 0) is 33.6 Å². The van der Waals surface area contributed by atoms with Crippen LogP contribution in [0.1, 0.15) is 15.9 Å². The van der Waals surface area contributed by atoms with E-state index in [-0.39, 0.29) is 11.1 Å². The number of rotatable bonds is 4. The van der Waals surface area contributed by atoms with E-state index in [9.17, 15) is 4.79 Å². The van der Waals surface area contributed by atoms with Crippen molar-refractivity contribution >= 4 is 33.4 Å². The molecule has 0 atom stereocenters. The fourth-order valence-corrected chi connectivity index (χ4v) is 2.05. The lowest BCUT2D eigenvalue weighted by Crippen LogP contribution is -2.23. The summed E-state index contributed by atoms with van der Waals surface area (Å²) < 4.78 is 5.71. The lowest BCUT2D eigenvalue weighted by molar-refractivity contribution is 0.0950. The van der Waals surface area contributed by atoms with Crippen molar-refractivity contribution in [2.45, 2.75) is 6.54 Å². The van der Waals surface area contributed by atoms with Crippen molar-refractivity contribution in [1.82, 2.24) is 15.3 Å². The van der Waals surface area contributed by atoms with Gasteiger partial charge < -0.3 is 10.1 Å². The molecule has 0 aliphatic carbocycles. The first-order chi connectivity index (χ1) is 9.60. The number of carbonyl (C=O) groups is 1. The third-order valence-corrected chi connectivity index (χ3v) is 3.25. The van der Waals surface area contributed by atoms with Crippen LogP contribution < -0.4 is 10.1 Å². The largest absolute Gasteiger partial charge is 0.481 e. The van der Waals surface area contributed by atoms with Gasteiger partial charge in [-0.25, -0.2) is 9.97 Å². The van der Waals surface area contributed by atoms with Crippen LogP contribution in [-0.4, -0.2) is 23.0 Å². The van der Waals surface area contributed by atoms with E-state index >= 15 is 0 Å². The summed E-state index contributed by atoms with van der Waals surface area (Å²) in [5, 5.41) is 2.93. The number of carbonyl (C=O) groups excluding carboxylic acids is 1. The molecule has 0 fully saturated rings. The summed E-state index contributed by atoms with van der Waals surface area (Å²) in [7, 11) is 1.54. The van der Waals surface area contributed by atoms with Crippen LogP contribution in [0.25, 0.3) is 0 Å². The number of hydrogen-bond acceptors (Lipinski definition) is 4. The van der Waals surface area contributed by atoms with Gasteiger partial charge in [-0.15, -0.1) is 0 Å². The Bertz CT molecular complexity index is 637. The molecule has 2 rings (SSSR count). The van der Waals surface area contributed by atoms with Crippen LogP contribution in [0.4, 0.5) is 0 Å². The number of halogens is 2. The number of pyridine rings is 2. The van der Waals surface area contributed by atoms with Crippen molar-refractivity contribution < 1.29 is 9.53 Å². The summed E-state index contributed by atoms with van der Waals surface area (Å²) >= 11 is 9.15. The molecule has 0 aliphatic heterocycles. The topological polar surface area (TPSA) is 64.1 Å². The van der Waals surface area contributed by atoms with E-state index in [1.807, 2.05) is 0 Å². The Labute approximate surface area is 129 Å². The van der Waals surface area contributed by atoms with E-state index in [1.54, 1.807) is 24.4 Å². The molecule has 0 radical (unpaired) electrons. The molecule has 0 saturated carbocycles. The van der Waals surface area contributed by atoms with Crippen LogP contribution in [0.2, 0.25) is 5.15 Å². The van der Waals surface area contributed by atoms with Gasteiger partial charge in [0.2, 0.25) is 5.88 Å². The average Bonchev–Trinajstić information content (AvgIpc) is 2.47. The van der Waals surface area contributed by atoms with Gasteiger partial charge >= 0.3 is 0 Å². The molecular formula is C13H11BrClN3O2. The summed E-state index contributed by atoms with van der Waals surface area (Å²) in [6.45, 7) is 0.348. The van der Waals surface area contributed by atoms with E-state index in [0.717, 1.165) is 5.56 Å². The normalized spacial score (nSPS) is 10.2. The minimum Gasteiger partial charge on any atom is -0.481 e. The van der Waals surface area contributed by atoms with E-state index in [2.05, 4.69) is 31.2 Å². The summed E-state index contributed by atoms with van der Waals surface area (Å²) in [4.78, 5) is 19.9. The second kappa shape index (κ2) is 6.67.